The number of methoxy groups -OCH3 is 1. The fourth-order valence-corrected chi connectivity index (χ4v) is 4.24. The number of aromatic nitrogens is 2. The van der Waals surface area contributed by atoms with Crippen molar-refractivity contribution < 1.29 is 9.84 Å². The van der Waals surface area contributed by atoms with E-state index < -0.39 is 6.04 Å². The Kier molecular flexibility index (Phi) is 5.11. The first kappa shape index (κ1) is 19.9. The molecule has 1 atom stereocenters. The number of H-pyrrole nitrogens is 1. The van der Waals surface area contributed by atoms with E-state index in [1.54, 1.807) is 7.11 Å². The summed E-state index contributed by atoms with van der Waals surface area (Å²) in [7, 11) is 1.65. The molecule has 0 radical (unpaired) electrons. The van der Waals surface area contributed by atoms with Crippen LogP contribution in [0.5, 0.6) is 5.75 Å². The number of hydrogen-bond donors (Lipinski definition) is 3. The van der Waals surface area contributed by atoms with E-state index in [-0.39, 0.29) is 11.6 Å². The summed E-state index contributed by atoms with van der Waals surface area (Å²) in [4.78, 5) is 9.85. The zero-order chi connectivity index (χ0) is 22.1. The first-order valence-corrected chi connectivity index (χ1v) is 10.6. The van der Waals surface area contributed by atoms with Gasteiger partial charge in [-0.1, -0.05) is 54.6 Å². The highest BCUT2D eigenvalue weighted by Gasteiger charge is 2.39. The van der Waals surface area contributed by atoms with E-state index in [4.69, 9.17) is 10.1 Å². The van der Waals surface area contributed by atoms with Gasteiger partial charge >= 0.3 is 0 Å². The maximum absolute atomic E-state index is 11.3. The molecule has 0 bridgehead atoms. The molecule has 0 fully saturated rings. The van der Waals surface area contributed by atoms with Crippen molar-refractivity contribution in [3.63, 3.8) is 0 Å². The third-order valence-electron chi connectivity index (χ3n) is 5.89. The molecule has 0 amide bonds. The second-order valence-electron chi connectivity index (χ2n) is 7.82. The van der Waals surface area contributed by atoms with Crippen molar-refractivity contribution in [1.29, 1.82) is 5.41 Å². The van der Waals surface area contributed by atoms with Gasteiger partial charge in [0.25, 0.3) is 0 Å². The molecule has 1 unspecified atom stereocenters. The van der Waals surface area contributed by atoms with Crippen LogP contribution in [0, 0.1) is 5.41 Å². The molecule has 4 aromatic rings. The Bertz CT molecular complexity index is 1260. The number of nitrogens with zero attached hydrogens (tertiary/aromatic N) is 2. The fraction of sp³-hybridized carbons (Fsp3) is 0.154. The second-order valence-corrected chi connectivity index (χ2v) is 7.82. The lowest BCUT2D eigenvalue weighted by Crippen LogP contribution is -2.32. The van der Waals surface area contributed by atoms with E-state index in [2.05, 4.69) is 9.97 Å². The number of nitrogens with one attached hydrogen (secondary N) is 2. The van der Waals surface area contributed by atoms with E-state index in [1.165, 1.54) is 0 Å². The molecular formula is C26H24N4O2. The average Bonchev–Trinajstić information content (AvgIpc) is 3.36. The van der Waals surface area contributed by atoms with Crippen molar-refractivity contribution in [2.24, 2.45) is 0 Å². The molecule has 1 aliphatic heterocycles. The number of benzene rings is 3. The third kappa shape index (κ3) is 3.50. The van der Waals surface area contributed by atoms with E-state index in [1.807, 2.05) is 83.8 Å². The molecule has 0 spiro atoms. The van der Waals surface area contributed by atoms with Crippen molar-refractivity contribution in [2.45, 2.75) is 12.5 Å². The van der Waals surface area contributed by atoms with Crippen LogP contribution in [0.1, 0.15) is 23.0 Å². The molecule has 0 saturated heterocycles. The molecule has 160 valence electrons. The fourth-order valence-electron chi connectivity index (χ4n) is 4.24. The van der Waals surface area contributed by atoms with Crippen LogP contribution >= 0.6 is 0 Å². The molecule has 3 aromatic carbocycles. The summed E-state index contributed by atoms with van der Waals surface area (Å²) in [5.41, 5.74) is 4.22. The van der Waals surface area contributed by atoms with Gasteiger partial charge in [-0.25, -0.2) is 4.98 Å². The summed E-state index contributed by atoms with van der Waals surface area (Å²) in [6, 6.07) is 25.1. The second kappa shape index (κ2) is 8.23. The van der Waals surface area contributed by atoms with Crippen LogP contribution in [0.2, 0.25) is 0 Å². The lowest BCUT2D eigenvalue weighted by atomic mass is 10.0. The highest BCUT2D eigenvalue weighted by molar-refractivity contribution is 6.23. The molecular weight excluding hydrogens is 400 g/mol. The third-order valence-corrected chi connectivity index (χ3v) is 5.89. The number of aliphatic hydroxyl groups excluding tert-OH is 1. The summed E-state index contributed by atoms with van der Waals surface area (Å²) in [5.74, 6) is 1.75. The van der Waals surface area contributed by atoms with Crippen molar-refractivity contribution in [3.05, 3.63) is 102 Å². The molecule has 1 aliphatic rings. The predicted molar refractivity (Wildman–Crippen MR) is 126 cm³/mol. The number of para-hydroxylation sites is 2. The van der Waals surface area contributed by atoms with Crippen LogP contribution in [-0.4, -0.2) is 39.5 Å². The van der Waals surface area contributed by atoms with Crippen molar-refractivity contribution in [1.82, 2.24) is 14.9 Å². The summed E-state index contributed by atoms with van der Waals surface area (Å²) in [5, 5.41) is 20.2. The number of amidine groups is 1. The van der Waals surface area contributed by atoms with Gasteiger partial charge in [-0.05, 0) is 41.8 Å². The van der Waals surface area contributed by atoms with E-state index >= 15 is 0 Å². The molecule has 5 rings (SSSR count). The highest BCUT2D eigenvalue weighted by atomic mass is 16.5. The Morgan fingerprint density at radius 1 is 1.00 bits per heavy atom. The topological polar surface area (TPSA) is 85.2 Å². The molecule has 6 nitrogen and oxygen atoms in total. The molecule has 6 heteroatoms. The van der Waals surface area contributed by atoms with Crippen LogP contribution in [0.4, 0.5) is 0 Å². The van der Waals surface area contributed by atoms with Gasteiger partial charge in [0.15, 0.2) is 0 Å². The SMILES string of the molecule is COc1ccc(CCN2C(=N)C(c3nc4ccccc4[nH]3)=C(O)C2c2ccccc2)cc1. The monoisotopic (exact) mass is 424 g/mol. The minimum absolute atomic E-state index is 0.148. The molecule has 0 aliphatic carbocycles. The van der Waals surface area contributed by atoms with Crippen LogP contribution in [0.15, 0.2) is 84.6 Å². The normalized spacial score (nSPS) is 16.2. The lowest BCUT2D eigenvalue weighted by molar-refractivity contribution is 0.276. The Morgan fingerprint density at radius 3 is 2.44 bits per heavy atom. The maximum Gasteiger partial charge on any atom is 0.145 e. The highest BCUT2D eigenvalue weighted by Crippen LogP contribution is 2.40. The Labute approximate surface area is 186 Å². The van der Waals surface area contributed by atoms with Gasteiger partial charge < -0.3 is 19.7 Å². The number of rotatable bonds is 6. The van der Waals surface area contributed by atoms with Gasteiger partial charge in [0.1, 0.15) is 29.2 Å². The van der Waals surface area contributed by atoms with Crippen LogP contribution in [-0.2, 0) is 6.42 Å². The van der Waals surface area contributed by atoms with Gasteiger partial charge in [-0.3, -0.25) is 5.41 Å². The van der Waals surface area contributed by atoms with Crippen LogP contribution in [0.3, 0.4) is 0 Å². The van der Waals surface area contributed by atoms with Crippen molar-refractivity contribution in [3.8, 4) is 5.75 Å². The Morgan fingerprint density at radius 2 is 1.72 bits per heavy atom. The van der Waals surface area contributed by atoms with Gasteiger partial charge in [-0.2, -0.15) is 0 Å². The van der Waals surface area contributed by atoms with Crippen LogP contribution in [0.25, 0.3) is 16.6 Å². The smallest absolute Gasteiger partial charge is 0.145 e. The summed E-state index contributed by atoms with van der Waals surface area (Å²) >= 11 is 0. The summed E-state index contributed by atoms with van der Waals surface area (Å²) < 4.78 is 5.25. The van der Waals surface area contributed by atoms with E-state index in [0.717, 1.165) is 34.3 Å². The zero-order valence-electron chi connectivity index (χ0n) is 17.7. The lowest BCUT2D eigenvalue weighted by Gasteiger charge is -2.27. The van der Waals surface area contributed by atoms with Gasteiger partial charge in [0.2, 0.25) is 0 Å². The Balaban J connectivity index is 1.50. The molecule has 32 heavy (non-hydrogen) atoms. The predicted octanol–water partition coefficient (Wildman–Crippen LogP) is 5.12. The quantitative estimate of drug-likeness (QED) is 0.401. The number of ether oxygens (including phenoxy) is 1. The minimum Gasteiger partial charge on any atom is -0.509 e. The number of imidazole rings is 1. The van der Waals surface area contributed by atoms with Crippen molar-refractivity contribution in [2.75, 3.05) is 13.7 Å². The van der Waals surface area contributed by atoms with Gasteiger partial charge in [0.05, 0.1) is 23.7 Å². The first-order valence-electron chi connectivity index (χ1n) is 10.6. The number of aliphatic hydroxyl groups is 1. The number of aromatic amines is 1. The Hall–Kier alpha value is -4.06. The maximum atomic E-state index is 11.3. The minimum atomic E-state index is -0.426. The van der Waals surface area contributed by atoms with E-state index in [0.29, 0.717) is 17.9 Å². The number of hydrogen-bond acceptors (Lipinski definition) is 4. The zero-order valence-corrected chi connectivity index (χ0v) is 17.7. The molecule has 1 aromatic heterocycles. The molecule has 2 heterocycles. The van der Waals surface area contributed by atoms with Crippen LogP contribution < -0.4 is 4.74 Å². The summed E-state index contributed by atoms with van der Waals surface area (Å²) in [6.45, 7) is 0.582. The first-order chi connectivity index (χ1) is 15.7. The average molecular weight is 425 g/mol. The number of fused-ring (bicyclic) bond motifs is 1. The van der Waals surface area contributed by atoms with Crippen molar-refractivity contribution >= 4 is 22.4 Å². The standard InChI is InChI=1S/C26H24N4O2/c1-32-19-13-11-17(12-14-19)15-16-30-23(18-7-3-2-4-8-18)24(31)22(25(30)27)26-28-20-9-5-6-10-21(20)29-26/h2-14,23,27,31H,15-16H2,1H3,(H,28,29). The largest absolute Gasteiger partial charge is 0.509 e. The van der Waals surface area contributed by atoms with Gasteiger partial charge in [0, 0.05) is 6.54 Å². The van der Waals surface area contributed by atoms with Gasteiger partial charge in [-0.15, -0.1) is 0 Å². The summed E-state index contributed by atoms with van der Waals surface area (Å²) in [6.07, 6.45) is 0.733. The molecule has 0 saturated carbocycles. The molecule has 3 N–H and O–H groups in total. The van der Waals surface area contributed by atoms with E-state index in [9.17, 15) is 5.11 Å².